The molecule has 0 aliphatic carbocycles. The SMILES string of the molecule is C=COC(=O)c1c(C(=O)[O-])ccc2ccccc12.[Na+]. The van der Waals surface area contributed by atoms with Crippen molar-refractivity contribution >= 4 is 22.7 Å². The number of benzene rings is 2. The number of carboxylic acid groups (broad SMARTS) is 1. The van der Waals surface area contributed by atoms with Crippen molar-refractivity contribution in [2.75, 3.05) is 0 Å². The molecule has 0 atom stereocenters. The van der Waals surface area contributed by atoms with Gasteiger partial charge in [-0.2, -0.15) is 0 Å². The van der Waals surface area contributed by atoms with Crippen LogP contribution in [0, 0.1) is 0 Å². The molecule has 5 heteroatoms. The predicted octanol–water partition coefficient (Wildman–Crippen LogP) is -1.49. The third kappa shape index (κ3) is 3.04. The van der Waals surface area contributed by atoms with Gasteiger partial charge in [-0.1, -0.05) is 43.0 Å². The number of hydrogen-bond donors (Lipinski definition) is 0. The van der Waals surface area contributed by atoms with E-state index in [-0.39, 0.29) is 40.7 Å². The second-order valence-corrected chi connectivity index (χ2v) is 3.57. The Morgan fingerprint density at radius 1 is 1.16 bits per heavy atom. The minimum atomic E-state index is -1.42. The summed E-state index contributed by atoms with van der Waals surface area (Å²) in [6, 6.07) is 9.89. The van der Waals surface area contributed by atoms with Crippen LogP contribution in [-0.2, 0) is 4.74 Å². The van der Waals surface area contributed by atoms with E-state index in [0.717, 1.165) is 11.6 Å². The Kier molecular flexibility index (Phi) is 5.30. The Bertz CT molecular complexity index is 649. The fourth-order valence-electron chi connectivity index (χ4n) is 1.80. The molecule has 0 spiro atoms. The number of aromatic carboxylic acids is 1. The summed E-state index contributed by atoms with van der Waals surface area (Å²) in [4.78, 5) is 22.8. The number of carbonyl (C=O) groups excluding carboxylic acids is 2. The molecule has 0 radical (unpaired) electrons. The van der Waals surface area contributed by atoms with E-state index in [1.54, 1.807) is 30.3 Å². The van der Waals surface area contributed by atoms with E-state index >= 15 is 0 Å². The number of carboxylic acids is 1. The Morgan fingerprint density at radius 2 is 1.84 bits per heavy atom. The standard InChI is InChI=1S/C14H10O4.Na/c1-2-18-14(17)12-10-6-4-3-5-9(10)7-8-11(12)13(15)16;/h2-8H,1H2,(H,15,16);/q;+1/p-1. The first-order valence-corrected chi connectivity index (χ1v) is 5.20. The van der Waals surface area contributed by atoms with Gasteiger partial charge in [0.15, 0.2) is 0 Å². The van der Waals surface area contributed by atoms with E-state index in [1.165, 1.54) is 6.07 Å². The summed E-state index contributed by atoms with van der Waals surface area (Å²) in [6.07, 6.45) is 0.961. The molecular formula is C14H9NaO4. The number of fused-ring (bicyclic) bond motifs is 1. The van der Waals surface area contributed by atoms with Crippen LogP contribution in [0.4, 0.5) is 0 Å². The largest absolute Gasteiger partial charge is 1.00 e. The van der Waals surface area contributed by atoms with Crippen LogP contribution in [0.5, 0.6) is 0 Å². The van der Waals surface area contributed by atoms with Crippen molar-refractivity contribution in [1.29, 1.82) is 0 Å². The van der Waals surface area contributed by atoms with E-state index < -0.39 is 11.9 Å². The third-order valence-corrected chi connectivity index (χ3v) is 2.54. The quantitative estimate of drug-likeness (QED) is 0.385. The summed E-state index contributed by atoms with van der Waals surface area (Å²) in [6.45, 7) is 3.27. The van der Waals surface area contributed by atoms with E-state index in [4.69, 9.17) is 0 Å². The maximum absolute atomic E-state index is 11.8. The van der Waals surface area contributed by atoms with Gasteiger partial charge in [0, 0.05) is 5.56 Å². The molecule has 0 bridgehead atoms. The van der Waals surface area contributed by atoms with E-state index in [2.05, 4.69) is 11.3 Å². The Hall–Kier alpha value is -1.62. The first-order valence-electron chi connectivity index (χ1n) is 5.20. The van der Waals surface area contributed by atoms with Crippen LogP contribution in [-0.4, -0.2) is 11.9 Å². The number of hydrogen-bond acceptors (Lipinski definition) is 4. The minimum Gasteiger partial charge on any atom is -0.545 e. The zero-order chi connectivity index (χ0) is 13.1. The van der Waals surface area contributed by atoms with Crippen molar-refractivity contribution in [2.45, 2.75) is 0 Å². The average molecular weight is 264 g/mol. The molecule has 2 aromatic rings. The molecule has 0 saturated carbocycles. The zero-order valence-corrected chi connectivity index (χ0v) is 12.4. The van der Waals surface area contributed by atoms with Gasteiger partial charge in [-0.05, 0) is 10.8 Å². The van der Waals surface area contributed by atoms with Crippen molar-refractivity contribution in [3.63, 3.8) is 0 Å². The Morgan fingerprint density at radius 3 is 2.47 bits per heavy atom. The summed E-state index contributed by atoms with van der Waals surface area (Å²) in [5.74, 6) is -2.18. The molecular weight excluding hydrogens is 255 g/mol. The molecule has 4 nitrogen and oxygen atoms in total. The summed E-state index contributed by atoms with van der Waals surface area (Å²) < 4.78 is 4.66. The topological polar surface area (TPSA) is 66.4 Å². The second kappa shape index (κ2) is 6.52. The second-order valence-electron chi connectivity index (χ2n) is 3.57. The van der Waals surface area contributed by atoms with Gasteiger partial charge in [0.2, 0.25) is 0 Å². The van der Waals surface area contributed by atoms with Crippen molar-refractivity contribution < 1.29 is 49.0 Å². The van der Waals surface area contributed by atoms with Gasteiger partial charge in [0.1, 0.15) is 0 Å². The van der Waals surface area contributed by atoms with Crippen LogP contribution >= 0.6 is 0 Å². The van der Waals surface area contributed by atoms with E-state index in [9.17, 15) is 14.7 Å². The van der Waals surface area contributed by atoms with Gasteiger partial charge in [0.05, 0.1) is 17.8 Å². The maximum atomic E-state index is 11.8. The minimum absolute atomic E-state index is 0. The molecule has 0 unspecified atom stereocenters. The third-order valence-electron chi connectivity index (χ3n) is 2.54. The van der Waals surface area contributed by atoms with E-state index in [1.807, 2.05) is 0 Å². The number of carbonyl (C=O) groups is 2. The molecule has 0 aromatic heterocycles. The Balaban J connectivity index is 0.00000180. The van der Waals surface area contributed by atoms with Crippen molar-refractivity contribution in [3.8, 4) is 0 Å². The van der Waals surface area contributed by atoms with Crippen LogP contribution in [0.25, 0.3) is 10.8 Å². The molecule has 0 amide bonds. The molecule has 2 aromatic carbocycles. The van der Waals surface area contributed by atoms with Crippen LogP contribution in [0.1, 0.15) is 20.7 Å². The summed E-state index contributed by atoms with van der Waals surface area (Å²) >= 11 is 0. The van der Waals surface area contributed by atoms with Gasteiger partial charge >= 0.3 is 35.5 Å². The molecule has 19 heavy (non-hydrogen) atoms. The maximum Gasteiger partial charge on any atom is 1.00 e. The number of rotatable bonds is 3. The molecule has 0 fully saturated rings. The van der Waals surface area contributed by atoms with Gasteiger partial charge in [-0.15, -0.1) is 0 Å². The molecule has 0 heterocycles. The van der Waals surface area contributed by atoms with Gasteiger partial charge in [-0.3, -0.25) is 0 Å². The molecule has 0 aliphatic heterocycles. The van der Waals surface area contributed by atoms with Gasteiger partial charge < -0.3 is 14.6 Å². The molecule has 2 rings (SSSR count). The molecule has 0 aliphatic rings. The Labute approximate surface area is 132 Å². The zero-order valence-electron chi connectivity index (χ0n) is 10.4. The summed E-state index contributed by atoms with van der Waals surface area (Å²) in [7, 11) is 0. The summed E-state index contributed by atoms with van der Waals surface area (Å²) in [5.41, 5.74) is -0.214. The van der Waals surface area contributed by atoms with Gasteiger partial charge in [-0.25, -0.2) is 4.79 Å². The van der Waals surface area contributed by atoms with Crippen molar-refractivity contribution in [1.82, 2.24) is 0 Å². The number of esters is 1. The predicted molar refractivity (Wildman–Crippen MR) is 63.9 cm³/mol. The van der Waals surface area contributed by atoms with E-state index in [0.29, 0.717) is 5.39 Å². The normalized spacial score (nSPS) is 9.47. The van der Waals surface area contributed by atoms with Crippen molar-refractivity contribution in [2.24, 2.45) is 0 Å². The van der Waals surface area contributed by atoms with Gasteiger partial charge in [0.25, 0.3) is 0 Å². The smallest absolute Gasteiger partial charge is 0.545 e. The molecule has 0 N–H and O–H groups in total. The number of ether oxygens (including phenoxy) is 1. The van der Waals surface area contributed by atoms with Crippen LogP contribution < -0.4 is 34.7 Å². The van der Waals surface area contributed by atoms with Crippen molar-refractivity contribution in [3.05, 3.63) is 60.4 Å². The monoisotopic (exact) mass is 264 g/mol. The first kappa shape index (κ1) is 15.4. The first-order chi connectivity index (χ1) is 8.65. The molecule has 90 valence electrons. The average Bonchev–Trinajstić information content (AvgIpc) is 2.37. The fraction of sp³-hybridized carbons (Fsp3) is 0. The summed E-state index contributed by atoms with van der Waals surface area (Å²) in [5, 5.41) is 12.3. The fourth-order valence-corrected chi connectivity index (χ4v) is 1.80. The van der Waals surface area contributed by atoms with Crippen LogP contribution in [0.15, 0.2) is 49.2 Å². The molecule has 0 saturated heterocycles. The van der Waals surface area contributed by atoms with Crippen LogP contribution in [0.2, 0.25) is 0 Å². The van der Waals surface area contributed by atoms with Crippen LogP contribution in [0.3, 0.4) is 0 Å².